The van der Waals surface area contributed by atoms with Crippen molar-refractivity contribution in [1.29, 1.82) is 0 Å². The fraction of sp³-hybridized carbons (Fsp3) is 0.0667. The van der Waals surface area contributed by atoms with Crippen LogP contribution in [0, 0.1) is 0 Å². The summed E-state index contributed by atoms with van der Waals surface area (Å²) in [6.45, 7) is 0.425. The first-order chi connectivity index (χ1) is 10.7. The van der Waals surface area contributed by atoms with Crippen LogP contribution in [0.3, 0.4) is 0 Å². The van der Waals surface area contributed by atoms with E-state index in [4.69, 9.17) is 11.6 Å². The Kier molecular flexibility index (Phi) is 4.11. The summed E-state index contributed by atoms with van der Waals surface area (Å²) in [4.78, 5) is 12.1. The van der Waals surface area contributed by atoms with Crippen molar-refractivity contribution < 1.29 is 4.79 Å². The average Bonchev–Trinajstić information content (AvgIpc) is 3.07. The molecule has 7 heteroatoms. The molecule has 0 aliphatic carbocycles. The van der Waals surface area contributed by atoms with E-state index in [2.05, 4.69) is 20.8 Å². The van der Waals surface area contributed by atoms with Crippen LogP contribution in [0.4, 0.5) is 0 Å². The number of carbonyl (C=O) groups is 1. The molecule has 3 rings (SSSR count). The number of tetrazole rings is 1. The summed E-state index contributed by atoms with van der Waals surface area (Å²) >= 11 is 5.91. The third-order valence-electron chi connectivity index (χ3n) is 3.09. The van der Waals surface area contributed by atoms with Crippen LogP contribution in [0.1, 0.15) is 15.9 Å². The van der Waals surface area contributed by atoms with Crippen LogP contribution in [0.2, 0.25) is 5.02 Å². The Morgan fingerprint density at radius 2 is 2.00 bits per heavy atom. The maximum Gasteiger partial charge on any atom is 0.251 e. The summed E-state index contributed by atoms with van der Waals surface area (Å²) in [5.41, 5.74) is 2.31. The molecule has 0 fully saturated rings. The van der Waals surface area contributed by atoms with Crippen molar-refractivity contribution in [3.63, 3.8) is 0 Å². The molecule has 22 heavy (non-hydrogen) atoms. The lowest BCUT2D eigenvalue weighted by Gasteiger charge is -2.06. The molecule has 0 aliphatic rings. The van der Waals surface area contributed by atoms with Crippen molar-refractivity contribution in [1.82, 2.24) is 25.5 Å². The second-order valence-electron chi connectivity index (χ2n) is 4.61. The average molecular weight is 314 g/mol. The number of halogens is 1. The molecule has 110 valence electrons. The van der Waals surface area contributed by atoms with Gasteiger partial charge in [-0.1, -0.05) is 23.7 Å². The largest absolute Gasteiger partial charge is 0.348 e. The number of amides is 1. The Hall–Kier alpha value is -2.73. The van der Waals surface area contributed by atoms with Crippen LogP contribution in [0.5, 0.6) is 0 Å². The van der Waals surface area contributed by atoms with Gasteiger partial charge in [0.1, 0.15) is 6.33 Å². The number of hydrogen-bond donors (Lipinski definition) is 1. The van der Waals surface area contributed by atoms with E-state index in [0.717, 1.165) is 11.3 Å². The highest BCUT2D eigenvalue weighted by atomic mass is 35.5. The maximum absolute atomic E-state index is 12.1. The van der Waals surface area contributed by atoms with Crippen LogP contribution in [0.25, 0.3) is 5.69 Å². The van der Waals surface area contributed by atoms with E-state index in [-0.39, 0.29) is 5.91 Å². The van der Waals surface area contributed by atoms with Crippen molar-refractivity contribution in [3.8, 4) is 5.69 Å². The van der Waals surface area contributed by atoms with Gasteiger partial charge < -0.3 is 5.32 Å². The molecule has 1 heterocycles. The lowest BCUT2D eigenvalue weighted by Crippen LogP contribution is -2.22. The van der Waals surface area contributed by atoms with Crippen molar-refractivity contribution in [2.45, 2.75) is 6.54 Å². The monoisotopic (exact) mass is 313 g/mol. The summed E-state index contributed by atoms with van der Waals surface area (Å²) in [7, 11) is 0. The van der Waals surface area contributed by atoms with E-state index in [1.54, 1.807) is 30.3 Å². The summed E-state index contributed by atoms with van der Waals surface area (Å²) in [6.07, 6.45) is 1.49. The molecule has 0 bridgehead atoms. The van der Waals surface area contributed by atoms with Crippen molar-refractivity contribution in [3.05, 3.63) is 71.0 Å². The Morgan fingerprint density at radius 1 is 1.18 bits per heavy atom. The molecule has 0 spiro atoms. The first-order valence-electron chi connectivity index (χ1n) is 6.58. The quantitative estimate of drug-likeness (QED) is 0.802. The molecule has 3 aromatic rings. The van der Waals surface area contributed by atoms with E-state index in [0.29, 0.717) is 17.1 Å². The van der Waals surface area contributed by atoms with Gasteiger partial charge in [0.05, 0.1) is 5.69 Å². The van der Waals surface area contributed by atoms with E-state index in [9.17, 15) is 4.79 Å². The van der Waals surface area contributed by atoms with Crippen LogP contribution in [0.15, 0.2) is 54.9 Å². The third kappa shape index (κ3) is 3.29. The van der Waals surface area contributed by atoms with Gasteiger partial charge in [-0.3, -0.25) is 4.79 Å². The second kappa shape index (κ2) is 6.36. The molecular weight excluding hydrogens is 302 g/mol. The van der Waals surface area contributed by atoms with Crippen molar-refractivity contribution in [2.75, 3.05) is 0 Å². The standard InChI is InChI=1S/C15H12ClN5O/c16-13-3-1-2-11(8-13)9-17-15(22)12-4-6-14(7-5-12)21-10-18-19-20-21/h1-8,10H,9H2,(H,17,22). The van der Waals surface area contributed by atoms with E-state index in [1.165, 1.54) is 11.0 Å². The molecule has 1 N–H and O–H groups in total. The molecule has 2 aromatic carbocycles. The van der Waals surface area contributed by atoms with Gasteiger partial charge in [-0.05, 0) is 52.4 Å². The van der Waals surface area contributed by atoms with Crippen LogP contribution >= 0.6 is 11.6 Å². The molecule has 0 saturated heterocycles. The van der Waals surface area contributed by atoms with E-state index in [1.807, 2.05) is 18.2 Å². The first-order valence-corrected chi connectivity index (χ1v) is 6.96. The second-order valence-corrected chi connectivity index (χ2v) is 5.05. The van der Waals surface area contributed by atoms with Crippen LogP contribution in [-0.4, -0.2) is 26.1 Å². The van der Waals surface area contributed by atoms with Gasteiger partial charge in [0, 0.05) is 17.1 Å². The molecule has 0 radical (unpaired) electrons. The number of aromatic nitrogens is 4. The third-order valence-corrected chi connectivity index (χ3v) is 3.32. The molecule has 6 nitrogen and oxygen atoms in total. The maximum atomic E-state index is 12.1. The highest BCUT2D eigenvalue weighted by molar-refractivity contribution is 6.30. The molecule has 0 aliphatic heterocycles. The minimum Gasteiger partial charge on any atom is -0.348 e. The molecular formula is C15H12ClN5O. The van der Waals surface area contributed by atoms with Crippen LogP contribution in [-0.2, 0) is 6.54 Å². The normalized spacial score (nSPS) is 10.4. The smallest absolute Gasteiger partial charge is 0.251 e. The number of rotatable bonds is 4. The molecule has 1 aromatic heterocycles. The number of benzene rings is 2. The van der Waals surface area contributed by atoms with Gasteiger partial charge in [0.2, 0.25) is 0 Å². The lowest BCUT2D eigenvalue weighted by molar-refractivity contribution is 0.0951. The molecule has 0 unspecified atom stereocenters. The zero-order chi connectivity index (χ0) is 15.4. The Bertz CT molecular complexity index is 771. The van der Waals surface area contributed by atoms with E-state index < -0.39 is 0 Å². The predicted octanol–water partition coefficient (Wildman–Crippen LogP) is 2.25. The number of nitrogens with zero attached hydrogens (tertiary/aromatic N) is 4. The summed E-state index contributed by atoms with van der Waals surface area (Å²) < 4.78 is 1.52. The Labute approximate surface area is 131 Å². The van der Waals surface area contributed by atoms with Gasteiger partial charge in [-0.25, -0.2) is 4.68 Å². The van der Waals surface area contributed by atoms with Crippen LogP contribution < -0.4 is 5.32 Å². The number of nitrogens with one attached hydrogen (secondary N) is 1. The minimum atomic E-state index is -0.150. The Morgan fingerprint density at radius 3 is 2.68 bits per heavy atom. The summed E-state index contributed by atoms with van der Waals surface area (Å²) in [5, 5.41) is 14.4. The fourth-order valence-electron chi connectivity index (χ4n) is 1.98. The topological polar surface area (TPSA) is 72.7 Å². The highest BCUT2D eigenvalue weighted by Gasteiger charge is 2.06. The summed E-state index contributed by atoms with van der Waals surface area (Å²) in [6, 6.07) is 14.4. The number of hydrogen-bond acceptors (Lipinski definition) is 4. The lowest BCUT2D eigenvalue weighted by atomic mass is 10.2. The van der Waals surface area contributed by atoms with Gasteiger partial charge in [0.25, 0.3) is 5.91 Å². The molecule has 0 atom stereocenters. The van der Waals surface area contributed by atoms with E-state index >= 15 is 0 Å². The summed E-state index contributed by atoms with van der Waals surface area (Å²) in [5.74, 6) is -0.150. The first kappa shape index (κ1) is 14.2. The predicted molar refractivity (Wildman–Crippen MR) is 81.8 cm³/mol. The molecule has 0 saturated carbocycles. The van der Waals surface area contributed by atoms with Crippen molar-refractivity contribution in [2.24, 2.45) is 0 Å². The van der Waals surface area contributed by atoms with Gasteiger partial charge in [-0.2, -0.15) is 0 Å². The Balaban J connectivity index is 1.65. The fourth-order valence-corrected chi connectivity index (χ4v) is 2.19. The zero-order valence-corrected chi connectivity index (χ0v) is 12.2. The highest BCUT2D eigenvalue weighted by Crippen LogP contribution is 2.11. The zero-order valence-electron chi connectivity index (χ0n) is 11.5. The SMILES string of the molecule is O=C(NCc1cccc(Cl)c1)c1ccc(-n2cnnn2)cc1. The molecule has 1 amide bonds. The van der Waals surface area contributed by atoms with Gasteiger partial charge in [-0.15, -0.1) is 5.10 Å². The van der Waals surface area contributed by atoms with Crippen molar-refractivity contribution >= 4 is 17.5 Å². The van der Waals surface area contributed by atoms with Gasteiger partial charge in [0.15, 0.2) is 0 Å². The minimum absolute atomic E-state index is 0.150. The van der Waals surface area contributed by atoms with Gasteiger partial charge >= 0.3 is 0 Å². The number of carbonyl (C=O) groups excluding carboxylic acids is 1.